The first kappa shape index (κ1) is 24.9. The second-order valence-corrected chi connectivity index (χ2v) is 10.4. The van der Waals surface area contributed by atoms with Crippen LogP contribution in [0.2, 0.25) is 0 Å². The lowest BCUT2D eigenvalue weighted by Crippen LogP contribution is -2.41. The van der Waals surface area contributed by atoms with Gasteiger partial charge in [-0.25, -0.2) is 8.42 Å². The molecule has 0 spiro atoms. The maximum Gasteiger partial charge on any atom is 0.242 e. The molecule has 33 heavy (non-hydrogen) atoms. The summed E-state index contributed by atoms with van der Waals surface area (Å²) in [6.07, 6.45) is 2.45. The molecule has 2 aromatic carbocycles. The smallest absolute Gasteiger partial charge is 0.242 e. The fourth-order valence-corrected chi connectivity index (χ4v) is 4.90. The van der Waals surface area contributed by atoms with E-state index in [1.165, 1.54) is 56.5 Å². The van der Waals surface area contributed by atoms with Gasteiger partial charge in [-0.2, -0.15) is 4.72 Å². The lowest BCUT2D eigenvalue weighted by molar-refractivity contribution is -0.117. The van der Waals surface area contributed by atoms with Gasteiger partial charge in [0.25, 0.3) is 0 Å². The highest BCUT2D eigenvalue weighted by Crippen LogP contribution is 2.19. The van der Waals surface area contributed by atoms with E-state index >= 15 is 0 Å². The third-order valence-corrected chi connectivity index (χ3v) is 7.27. The van der Waals surface area contributed by atoms with Gasteiger partial charge in [-0.05, 0) is 80.7 Å². The molecule has 0 unspecified atom stereocenters. The third kappa shape index (κ3) is 7.38. The highest BCUT2D eigenvalue weighted by molar-refractivity contribution is 7.89. The molecule has 0 aromatic heterocycles. The van der Waals surface area contributed by atoms with Crippen LogP contribution in [0, 0.1) is 5.92 Å². The Balaban J connectivity index is 1.53. The van der Waals surface area contributed by atoms with Crippen molar-refractivity contribution < 1.29 is 18.0 Å². The predicted molar refractivity (Wildman–Crippen MR) is 129 cm³/mol. The zero-order chi connectivity index (χ0) is 24.0. The highest BCUT2D eigenvalue weighted by atomic mass is 32.2. The van der Waals surface area contributed by atoms with Crippen molar-refractivity contribution in [3.63, 3.8) is 0 Å². The Morgan fingerprint density at radius 1 is 0.970 bits per heavy atom. The van der Waals surface area contributed by atoms with Crippen LogP contribution in [-0.4, -0.2) is 44.3 Å². The van der Waals surface area contributed by atoms with E-state index in [2.05, 4.69) is 27.2 Å². The van der Waals surface area contributed by atoms with E-state index in [9.17, 15) is 18.0 Å². The molecule has 1 saturated heterocycles. The number of benzene rings is 2. The van der Waals surface area contributed by atoms with E-state index < -0.39 is 22.0 Å². The van der Waals surface area contributed by atoms with Crippen molar-refractivity contribution in [1.29, 1.82) is 0 Å². The molecule has 1 aliphatic rings. The Kier molecular flexibility index (Phi) is 8.23. The molecule has 1 aliphatic heterocycles. The number of amides is 2. The maximum atomic E-state index is 12.6. The van der Waals surface area contributed by atoms with Crippen molar-refractivity contribution >= 4 is 33.2 Å². The fourth-order valence-electron chi connectivity index (χ4n) is 3.70. The molecule has 1 fully saturated rings. The molecule has 0 bridgehead atoms. The highest BCUT2D eigenvalue weighted by Gasteiger charge is 2.22. The Bertz CT molecular complexity index is 1060. The molecule has 0 radical (unpaired) electrons. The van der Waals surface area contributed by atoms with Crippen molar-refractivity contribution in [1.82, 2.24) is 9.62 Å². The van der Waals surface area contributed by atoms with Crippen LogP contribution in [0.15, 0.2) is 53.4 Å². The van der Waals surface area contributed by atoms with Gasteiger partial charge in [0.1, 0.15) is 0 Å². The average Bonchev–Trinajstić information content (AvgIpc) is 2.76. The van der Waals surface area contributed by atoms with Crippen molar-refractivity contribution in [3.8, 4) is 0 Å². The first-order valence-electron chi connectivity index (χ1n) is 11.1. The number of sulfonamides is 1. The summed E-state index contributed by atoms with van der Waals surface area (Å²) in [5.41, 5.74) is 2.28. The molecule has 178 valence electrons. The molecule has 2 amide bonds. The molecule has 3 rings (SSSR count). The fraction of sp³-hybridized carbons (Fsp3) is 0.417. The molecule has 1 atom stereocenters. The number of anilines is 2. The van der Waals surface area contributed by atoms with E-state index in [0.29, 0.717) is 11.4 Å². The van der Waals surface area contributed by atoms with Gasteiger partial charge in [-0.15, -0.1) is 0 Å². The summed E-state index contributed by atoms with van der Waals surface area (Å²) in [6.45, 7) is 8.25. The van der Waals surface area contributed by atoms with Gasteiger partial charge < -0.3 is 10.6 Å². The molecule has 2 aromatic rings. The Morgan fingerprint density at radius 2 is 1.52 bits per heavy atom. The van der Waals surface area contributed by atoms with Gasteiger partial charge in [0.15, 0.2) is 0 Å². The summed E-state index contributed by atoms with van der Waals surface area (Å²) in [7, 11) is -3.90. The number of carbonyl (C=O) groups is 2. The monoisotopic (exact) mass is 472 g/mol. The van der Waals surface area contributed by atoms with Crippen LogP contribution in [0.5, 0.6) is 0 Å². The minimum atomic E-state index is -3.90. The van der Waals surface area contributed by atoms with Crippen molar-refractivity contribution in [3.05, 3.63) is 54.1 Å². The lowest BCUT2D eigenvalue weighted by Gasteiger charge is -2.30. The minimum Gasteiger partial charge on any atom is -0.326 e. The SMILES string of the molecule is CC(=O)Nc1ccc(S(=O)(=O)N[C@@H](C)C(=O)Nc2ccc(CN3CCC(C)CC3)cc2)cc1. The van der Waals surface area contributed by atoms with Gasteiger partial charge in [0, 0.05) is 24.8 Å². The second-order valence-electron chi connectivity index (χ2n) is 8.69. The number of nitrogens with one attached hydrogen (secondary N) is 3. The molecular weight excluding hydrogens is 440 g/mol. The third-order valence-electron chi connectivity index (χ3n) is 5.71. The van der Waals surface area contributed by atoms with E-state index in [1.807, 2.05) is 24.3 Å². The van der Waals surface area contributed by atoms with Gasteiger partial charge in [0.05, 0.1) is 10.9 Å². The summed E-state index contributed by atoms with van der Waals surface area (Å²) < 4.78 is 27.6. The Morgan fingerprint density at radius 3 is 2.09 bits per heavy atom. The largest absolute Gasteiger partial charge is 0.326 e. The van der Waals surface area contributed by atoms with Gasteiger partial charge in [-0.3, -0.25) is 14.5 Å². The van der Waals surface area contributed by atoms with Crippen LogP contribution in [0.3, 0.4) is 0 Å². The maximum absolute atomic E-state index is 12.6. The normalized spacial score (nSPS) is 16.2. The van der Waals surface area contributed by atoms with Crippen molar-refractivity contribution in [2.75, 3.05) is 23.7 Å². The molecule has 0 saturated carbocycles. The van der Waals surface area contributed by atoms with Crippen molar-refractivity contribution in [2.24, 2.45) is 5.92 Å². The molecular formula is C24H32N4O4S. The zero-order valence-corrected chi connectivity index (χ0v) is 20.1. The van der Waals surface area contributed by atoms with Gasteiger partial charge in [-0.1, -0.05) is 19.1 Å². The average molecular weight is 473 g/mol. The number of carbonyl (C=O) groups excluding carboxylic acids is 2. The molecule has 9 heteroatoms. The molecule has 1 heterocycles. The van der Waals surface area contributed by atoms with Crippen LogP contribution < -0.4 is 15.4 Å². The summed E-state index contributed by atoms with van der Waals surface area (Å²) in [5.74, 6) is 0.0933. The summed E-state index contributed by atoms with van der Waals surface area (Å²) in [6, 6.07) is 12.4. The molecule has 8 nitrogen and oxygen atoms in total. The minimum absolute atomic E-state index is 0.00714. The first-order valence-corrected chi connectivity index (χ1v) is 12.6. The quantitative estimate of drug-likeness (QED) is 0.547. The van der Waals surface area contributed by atoms with Crippen LogP contribution in [-0.2, 0) is 26.2 Å². The number of piperidine rings is 1. The number of hydrogen-bond donors (Lipinski definition) is 3. The Hall–Kier alpha value is -2.75. The molecule has 0 aliphatic carbocycles. The van der Waals surface area contributed by atoms with E-state index in [0.717, 1.165) is 25.6 Å². The first-order chi connectivity index (χ1) is 15.6. The van der Waals surface area contributed by atoms with Crippen LogP contribution in [0.1, 0.15) is 39.2 Å². The standard InChI is InChI=1S/C24H32N4O4S/c1-17-12-14-28(15-13-17)16-20-4-6-22(7-5-20)26-24(30)18(2)27-33(31,32)23-10-8-21(9-11-23)25-19(3)29/h4-11,17-18,27H,12-16H2,1-3H3,(H,25,29)(H,26,30)/t18-/m0/s1. The van der Waals surface area contributed by atoms with Crippen LogP contribution in [0.25, 0.3) is 0 Å². The van der Waals surface area contributed by atoms with Gasteiger partial charge >= 0.3 is 0 Å². The lowest BCUT2D eigenvalue weighted by atomic mass is 9.99. The van der Waals surface area contributed by atoms with E-state index in [1.54, 1.807) is 0 Å². The van der Waals surface area contributed by atoms with E-state index in [-0.39, 0.29) is 10.8 Å². The summed E-state index contributed by atoms with van der Waals surface area (Å²) in [4.78, 5) is 26.1. The summed E-state index contributed by atoms with van der Waals surface area (Å²) >= 11 is 0. The zero-order valence-electron chi connectivity index (χ0n) is 19.3. The van der Waals surface area contributed by atoms with Gasteiger partial charge in [0.2, 0.25) is 21.8 Å². The summed E-state index contributed by atoms with van der Waals surface area (Å²) in [5, 5.41) is 5.33. The number of rotatable bonds is 8. The van der Waals surface area contributed by atoms with E-state index in [4.69, 9.17) is 0 Å². The molecule has 3 N–H and O–H groups in total. The van der Waals surface area contributed by atoms with Crippen molar-refractivity contribution in [2.45, 2.75) is 51.1 Å². The van der Waals surface area contributed by atoms with Crippen LogP contribution in [0.4, 0.5) is 11.4 Å². The number of hydrogen-bond acceptors (Lipinski definition) is 5. The number of likely N-dealkylation sites (tertiary alicyclic amines) is 1. The predicted octanol–water partition coefficient (Wildman–Crippen LogP) is 3.18. The second kappa shape index (κ2) is 10.9. The number of nitrogens with zero attached hydrogens (tertiary/aromatic N) is 1. The topological polar surface area (TPSA) is 108 Å². The van der Waals surface area contributed by atoms with Crippen LogP contribution >= 0.6 is 0 Å². The Labute approximate surface area is 195 Å².